The van der Waals surface area contributed by atoms with Crippen molar-refractivity contribution in [2.45, 2.75) is 25.9 Å². The number of hydrogen-bond acceptors (Lipinski definition) is 4. The van der Waals surface area contributed by atoms with Crippen LogP contribution >= 0.6 is 11.3 Å². The summed E-state index contributed by atoms with van der Waals surface area (Å²) in [5.41, 5.74) is 10.6. The second kappa shape index (κ2) is 6.33. The van der Waals surface area contributed by atoms with Crippen molar-refractivity contribution in [1.82, 2.24) is 4.98 Å². The summed E-state index contributed by atoms with van der Waals surface area (Å²) in [4.78, 5) is 18.4. The molecule has 0 spiro atoms. The molecule has 5 heteroatoms. The van der Waals surface area contributed by atoms with E-state index in [0.29, 0.717) is 11.6 Å². The number of amides is 1. The van der Waals surface area contributed by atoms with Gasteiger partial charge in [-0.2, -0.15) is 0 Å². The molecule has 4 rings (SSSR count). The maximum Gasteiger partial charge on any atom is 0.248 e. The average molecular weight is 349 g/mol. The van der Waals surface area contributed by atoms with Crippen molar-refractivity contribution in [3.63, 3.8) is 0 Å². The molecule has 0 bridgehead atoms. The number of hydrogen-bond donors (Lipinski definition) is 1. The van der Waals surface area contributed by atoms with Gasteiger partial charge < -0.3 is 10.6 Å². The van der Waals surface area contributed by atoms with Crippen molar-refractivity contribution in [1.29, 1.82) is 0 Å². The van der Waals surface area contributed by atoms with Gasteiger partial charge in [-0.25, -0.2) is 4.98 Å². The van der Waals surface area contributed by atoms with Gasteiger partial charge in [0.2, 0.25) is 5.91 Å². The monoisotopic (exact) mass is 349 g/mol. The third-order valence-corrected chi connectivity index (χ3v) is 5.59. The van der Waals surface area contributed by atoms with Crippen molar-refractivity contribution >= 4 is 22.9 Å². The summed E-state index contributed by atoms with van der Waals surface area (Å²) in [5, 5.41) is 3.08. The Bertz CT molecular complexity index is 917. The van der Waals surface area contributed by atoms with Crippen LogP contribution in [0.4, 0.5) is 5.69 Å². The van der Waals surface area contributed by atoms with E-state index in [9.17, 15) is 4.79 Å². The third-order valence-electron chi connectivity index (χ3n) is 4.65. The largest absolute Gasteiger partial charge is 0.366 e. The molecule has 1 aliphatic rings. The fraction of sp³-hybridized carbons (Fsp3) is 0.200. The first-order valence-corrected chi connectivity index (χ1v) is 9.19. The van der Waals surface area contributed by atoms with Gasteiger partial charge >= 0.3 is 0 Å². The van der Waals surface area contributed by atoms with Crippen LogP contribution < -0.4 is 10.6 Å². The van der Waals surface area contributed by atoms with Crippen LogP contribution in [0.1, 0.15) is 28.5 Å². The van der Waals surface area contributed by atoms with Crippen LogP contribution in [0, 0.1) is 0 Å². The molecule has 4 nitrogen and oxygen atoms in total. The summed E-state index contributed by atoms with van der Waals surface area (Å²) in [6, 6.07) is 16.4. The van der Waals surface area contributed by atoms with Crippen LogP contribution in [-0.2, 0) is 13.0 Å². The lowest BCUT2D eigenvalue weighted by molar-refractivity contribution is 0.100. The molecule has 0 radical (unpaired) electrons. The molecule has 1 aromatic heterocycles. The van der Waals surface area contributed by atoms with E-state index in [1.165, 1.54) is 11.3 Å². The molecule has 2 aromatic carbocycles. The number of carbonyl (C=O) groups excluding carboxylic acids is 1. The summed E-state index contributed by atoms with van der Waals surface area (Å²) < 4.78 is 0. The number of primary amides is 1. The van der Waals surface area contributed by atoms with Crippen molar-refractivity contribution in [2.75, 3.05) is 4.90 Å². The fourth-order valence-corrected chi connectivity index (χ4v) is 4.15. The van der Waals surface area contributed by atoms with E-state index >= 15 is 0 Å². The summed E-state index contributed by atoms with van der Waals surface area (Å²) in [6.07, 6.45) is 1.09. The number of aromatic nitrogens is 1. The van der Waals surface area contributed by atoms with E-state index in [4.69, 9.17) is 10.7 Å². The highest BCUT2D eigenvalue weighted by Gasteiger charge is 2.26. The Hall–Kier alpha value is -2.66. The summed E-state index contributed by atoms with van der Waals surface area (Å²) in [6.45, 7) is 3.07. The Morgan fingerprint density at radius 1 is 1.24 bits per heavy atom. The second-order valence-corrected chi connectivity index (χ2v) is 7.25. The number of anilines is 1. The first kappa shape index (κ1) is 15.8. The van der Waals surface area contributed by atoms with Gasteiger partial charge in [-0.05, 0) is 37.1 Å². The van der Waals surface area contributed by atoms with E-state index in [0.717, 1.165) is 29.2 Å². The Labute approximate surface area is 150 Å². The highest BCUT2D eigenvalue weighted by atomic mass is 32.1. The molecule has 0 aliphatic carbocycles. The summed E-state index contributed by atoms with van der Waals surface area (Å²) in [7, 11) is 0. The van der Waals surface area contributed by atoms with Crippen LogP contribution in [-0.4, -0.2) is 16.9 Å². The van der Waals surface area contributed by atoms with Gasteiger partial charge in [-0.15, -0.1) is 11.3 Å². The number of para-hydroxylation sites is 1. The van der Waals surface area contributed by atoms with Crippen LogP contribution in [0.5, 0.6) is 0 Å². The number of carbonyl (C=O) groups is 1. The predicted octanol–water partition coefficient (Wildman–Crippen LogP) is 3.86. The van der Waals surface area contributed by atoms with E-state index in [1.807, 2.05) is 12.1 Å². The predicted molar refractivity (Wildman–Crippen MR) is 102 cm³/mol. The molecule has 2 heterocycles. The van der Waals surface area contributed by atoms with Crippen LogP contribution in [0.15, 0.2) is 53.9 Å². The quantitative estimate of drug-likeness (QED) is 0.778. The van der Waals surface area contributed by atoms with E-state index in [2.05, 4.69) is 41.5 Å². The second-order valence-electron chi connectivity index (χ2n) is 6.40. The van der Waals surface area contributed by atoms with Gasteiger partial charge in [0.25, 0.3) is 0 Å². The normalized spacial score (nSPS) is 16.0. The molecule has 126 valence electrons. The Morgan fingerprint density at radius 3 is 2.76 bits per heavy atom. The number of rotatable bonds is 4. The first-order valence-electron chi connectivity index (χ1n) is 8.31. The molecule has 1 aliphatic heterocycles. The summed E-state index contributed by atoms with van der Waals surface area (Å²) >= 11 is 1.63. The smallest absolute Gasteiger partial charge is 0.248 e. The molecule has 25 heavy (non-hydrogen) atoms. The van der Waals surface area contributed by atoms with Gasteiger partial charge in [0.05, 0.1) is 12.2 Å². The van der Waals surface area contributed by atoms with Crippen LogP contribution in [0.25, 0.3) is 10.6 Å². The van der Waals surface area contributed by atoms with E-state index in [-0.39, 0.29) is 0 Å². The Kier molecular flexibility index (Phi) is 4.01. The lowest BCUT2D eigenvalue weighted by Gasteiger charge is -2.23. The number of benzene rings is 2. The van der Waals surface area contributed by atoms with Gasteiger partial charge in [0, 0.05) is 28.2 Å². The minimum Gasteiger partial charge on any atom is -0.366 e. The molecule has 0 saturated carbocycles. The lowest BCUT2D eigenvalue weighted by Crippen LogP contribution is -2.28. The molecule has 0 saturated heterocycles. The summed E-state index contributed by atoms with van der Waals surface area (Å²) in [5.74, 6) is -0.409. The van der Waals surface area contributed by atoms with E-state index in [1.54, 1.807) is 23.5 Å². The number of fused-ring (bicyclic) bond motifs is 1. The topological polar surface area (TPSA) is 59.2 Å². The minimum absolute atomic E-state index is 0.409. The highest BCUT2D eigenvalue weighted by Crippen LogP contribution is 2.33. The van der Waals surface area contributed by atoms with Gasteiger partial charge in [-0.1, -0.05) is 30.3 Å². The molecular formula is C20H19N3OS. The lowest BCUT2D eigenvalue weighted by atomic mass is 10.1. The van der Waals surface area contributed by atoms with Crippen molar-refractivity contribution in [3.05, 3.63) is 70.7 Å². The van der Waals surface area contributed by atoms with Gasteiger partial charge in [0.1, 0.15) is 5.01 Å². The Balaban J connectivity index is 1.55. The SMILES string of the molecule is C[C@H]1Cc2ccccc2N1Cc1csc(-c2ccc(C(N)=O)cc2)n1. The van der Waals surface area contributed by atoms with Crippen LogP contribution in [0.3, 0.4) is 0 Å². The molecule has 1 amide bonds. The van der Waals surface area contributed by atoms with Crippen molar-refractivity contribution in [3.8, 4) is 10.6 Å². The maximum absolute atomic E-state index is 11.2. The fourth-order valence-electron chi connectivity index (χ4n) is 3.33. The van der Waals surface area contributed by atoms with Gasteiger partial charge in [-0.3, -0.25) is 4.79 Å². The Morgan fingerprint density at radius 2 is 2.00 bits per heavy atom. The third kappa shape index (κ3) is 3.03. The number of thiazole rings is 1. The van der Waals surface area contributed by atoms with Crippen molar-refractivity contribution in [2.24, 2.45) is 5.73 Å². The highest BCUT2D eigenvalue weighted by molar-refractivity contribution is 7.13. The number of nitrogens with zero attached hydrogens (tertiary/aromatic N) is 2. The first-order chi connectivity index (χ1) is 12.1. The molecule has 2 N–H and O–H groups in total. The maximum atomic E-state index is 11.2. The average Bonchev–Trinajstić information content (AvgIpc) is 3.20. The molecule has 1 atom stereocenters. The molecule has 0 unspecified atom stereocenters. The number of nitrogens with two attached hydrogens (primary N) is 1. The zero-order valence-corrected chi connectivity index (χ0v) is 14.8. The molecular weight excluding hydrogens is 330 g/mol. The zero-order valence-electron chi connectivity index (χ0n) is 14.0. The minimum atomic E-state index is -0.409. The zero-order chi connectivity index (χ0) is 17.4. The van der Waals surface area contributed by atoms with Gasteiger partial charge in [0.15, 0.2) is 0 Å². The standard InChI is InChI=1S/C20H19N3OS/c1-13-10-16-4-2-3-5-18(16)23(13)11-17-12-25-20(22-17)15-8-6-14(7-9-15)19(21)24/h2-9,12-13H,10-11H2,1H3,(H2,21,24)/t13-/m0/s1. The molecule has 0 fully saturated rings. The van der Waals surface area contributed by atoms with E-state index < -0.39 is 5.91 Å². The van der Waals surface area contributed by atoms with Crippen molar-refractivity contribution < 1.29 is 4.79 Å². The van der Waals surface area contributed by atoms with Crippen LogP contribution in [0.2, 0.25) is 0 Å². The molecule has 3 aromatic rings.